The third-order valence-corrected chi connectivity index (χ3v) is 3.37. The highest BCUT2D eigenvalue weighted by atomic mass is 16.4. The van der Waals surface area contributed by atoms with E-state index in [2.05, 4.69) is 10.4 Å². The quantitative estimate of drug-likeness (QED) is 0.836. The molecule has 19 heavy (non-hydrogen) atoms. The Morgan fingerprint density at radius 2 is 2.11 bits per heavy atom. The lowest BCUT2D eigenvalue weighted by molar-refractivity contribution is -0.139. The number of amides is 1. The number of rotatable bonds is 5. The van der Waals surface area contributed by atoms with Gasteiger partial charge in [0.25, 0.3) is 5.91 Å². The van der Waals surface area contributed by atoms with Crippen molar-refractivity contribution in [3.05, 3.63) is 17.5 Å². The molecular formula is C13H19N3O3. The van der Waals surface area contributed by atoms with Crippen LogP contribution in [0.5, 0.6) is 0 Å². The molecule has 0 saturated heterocycles. The molecule has 1 atom stereocenters. The molecule has 2 N–H and O–H groups in total. The third kappa shape index (κ3) is 2.94. The van der Waals surface area contributed by atoms with Gasteiger partial charge in [0.2, 0.25) is 0 Å². The Morgan fingerprint density at radius 1 is 1.47 bits per heavy atom. The van der Waals surface area contributed by atoms with Crippen LogP contribution < -0.4 is 5.32 Å². The summed E-state index contributed by atoms with van der Waals surface area (Å²) in [4.78, 5) is 23.2. The lowest BCUT2D eigenvalue weighted by Crippen LogP contribution is -2.42. The number of hydrogen-bond donors (Lipinski definition) is 2. The highest BCUT2D eigenvalue weighted by molar-refractivity contribution is 5.95. The van der Waals surface area contributed by atoms with E-state index in [1.54, 1.807) is 13.1 Å². The number of nitrogens with zero attached hydrogens (tertiary/aromatic N) is 2. The number of aromatic nitrogens is 2. The van der Waals surface area contributed by atoms with Gasteiger partial charge < -0.3 is 10.4 Å². The fraction of sp³-hybridized carbons (Fsp3) is 0.615. The van der Waals surface area contributed by atoms with Crippen LogP contribution in [-0.2, 0) is 11.8 Å². The van der Waals surface area contributed by atoms with Gasteiger partial charge in [0, 0.05) is 7.05 Å². The molecule has 0 aliphatic heterocycles. The van der Waals surface area contributed by atoms with E-state index in [1.807, 2.05) is 13.8 Å². The molecule has 1 saturated carbocycles. The van der Waals surface area contributed by atoms with E-state index in [0.717, 1.165) is 18.5 Å². The first kappa shape index (κ1) is 13.6. The van der Waals surface area contributed by atoms with Crippen molar-refractivity contribution in [2.24, 2.45) is 13.0 Å². The molecule has 1 fully saturated rings. The summed E-state index contributed by atoms with van der Waals surface area (Å²) < 4.78 is 1.50. The predicted octanol–water partition coefficient (Wildman–Crippen LogP) is 1.14. The van der Waals surface area contributed by atoms with Crippen LogP contribution >= 0.6 is 0 Å². The first-order chi connectivity index (χ1) is 8.90. The van der Waals surface area contributed by atoms with Gasteiger partial charge in [0.05, 0.1) is 5.69 Å². The number of nitrogens with one attached hydrogen (secondary N) is 1. The summed E-state index contributed by atoms with van der Waals surface area (Å²) in [6.45, 7) is 3.99. The summed E-state index contributed by atoms with van der Waals surface area (Å²) in [5.41, 5.74) is 1.22. The molecular weight excluding hydrogens is 246 g/mol. The van der Waals surface area contributed by atoms with Gasteiger partial charge in [-0.3, -0.25) is 9.48 Å². The summed E-state index contributed by atoms with van der Waals surface area (Å²) in [7, 11) is 1.69. The van der Waals surface area contributed by atoms with E-state index in [9.17, 15) is 9.59 Å². The highest BCUT2D eigenvalue weighted by Crippen LogP contribution is 2.32. The Labute approximate surface area is 111 Å². The van der Waals surface area contributed by atoms with E-state index >= 15 is 0 Å². The average molecular weight is 265 g/mol. The fourth-order valence-corrected chi connectivity index (χ4v) is 2.01. The normalized spacial score (nSPS) is 16.4. The van der Waals surface area contributed by atoms with Gasteiger partial charge in [0.15, 0.2) is 0 Å². The lowest BCUT2D eigenvalue weighted by Gasteiger charge is -2.13. The Kier molecular flexibility index (Phi) is 3.59. The second-order valence-corrected chi connectivity index (χ2v) is 5.36. The number of hydrogen-bond acceptors (Lipinski definition) is 3. The number of carbonyl (C=O) groups is 2. The van der Waals surface area contributed by atoms with Crippen LogP contribution in [0.1, 0.15) is 48.8 Å². The van der Waals surface area contributed by atoms with Crippen LogP contribution in [-0.4, -0.2) is 32.8 Å². The number of carboxylic acids is 1. The highest BCUT2D eigenvalue weighted by Gasteiger charge is 2.37. The van der Waals surface area contributed by atoms with Gasteiger partial charge >= 0.3 is 5.97 Å². The number of carbonyl (C=O) groups excluding carboxylic acids is 1. The van der Waals surface area contributed by atoms with Gasteiger partial charge in [-0.1, -0.05) is 13.8 Å². The van der Waals surface area contributed by atoms with Gasteiger partial charge in [-0.05, 0) is 30.7 Å². The molecule has 6 nitrogen and oxygen atoms in total. The zero-order valence-corrected chi connectivity index (χ0v) is 11.4. The minimum absolute atomic E-state index is 0.0687. The molecule has 1 aliphatic carbocycles. The van der Waals surface area contributed by atoms with E-state index in [1.165, 1.54) is 4.68 Å². The van der Waals surface area contributed by atoms with Crippen molar-refractivity contribution in [1.29, 1.82) is 0 Å². The summed E-state index contributed by atoms with van der Waals surface area (Å²) in [6.07, 6.45) is 1.72. The number of aryl methyl sites for hydroxylation is 1. The summed E-state index contributed by atoms with van der Waals surface area (Å²) in [5.74, 6) is -1.05. The van der Waals surface area contributed by atoms with Crippen molar-refractivity contribution in [3.8, 4) is 0 Å². The molecule has 1 aliphatic rings. The van der Waals surface area contributed by atoms with Gasteiger partial charge in [0.1, 0.15) is 11.7 Å². The molecule has 6 heteroatoms. The van der Waals surface area contributed by atoms with Crippen LogP contribution in [0, 0.1) is 5.92 Å². The Hall–Kier alpha value is -1.85. The van der Waals surface area contributed by atoms with Crippen LogP contribution in [0.25, 0.3) is 0 Å². The first-order valence-electron chi connectivity index (χ1n) is 6.47. The predicted molar refractivity (Wildman–Crippen MR) is 68.9 cm³/mol. The molecule has 1 aromatic rings. The molecule has 1 amide bonds. The summed E-state index contributed by atoms with van der Waals surface area (Å²) in [5, 5.41) is 15.9. The average Bonchev–Trinajstić information content (AvgIpc) is 3.07. The van der Waals surface area contributed by atoms with E-state index in [0.29, 0.717) is 5.69 Å². The SMILES string of the molecule is CC(C)c1cc(C(=O)NC(C(=O)O)C2CC2)n(C)n1. The van der Waals surface area contributed by atoms with Crippen molar-refractivity contribution in [1.82, 2.24) is 15.1 Å². The second-order valence-electron chi connectivity index (χ2n) is 5.36. The van der Waals surface area contributed by atoms with Crippen molar-refractivity contribution in [2.45, 2.75) is 38.6 Å². The van der Waals surface area contributed by atoms with Crippen molar-refractivity contribution in [3.63, 3.8) is 0 Å². The molecule has 1 unspecified atom stereocenters. The first-order valence-corrected chi connectivity index (χ1v) is 6.47. The standard InChI is InChI=1S/C13H19N3O3/c1-7(2)9-6-10(16(3)15-9)12(17)14-11(13(18)19)8-4-5-8/h6-8,11H,4-5H2,1-3H3,(H,14,17)(H,18,19). The van der Waals surface area contributed by atoms with E-state index in [-0.39, 0.29) is 17.7 Å². The molecule has 2 rings (SSSR count). The van der Waals surface area contributed by atoms with E-state index in [4.69, 9.17) is 5.11 Å². The number of aliphatic carboxylic acids is 1. The smallest absolute Gasteiger partial charge is 0.326 e. The summed E-state index contributed by atoms with van der Waals surface area (Å²) >= 11 is 0. The van der Waals surface area contributed by atoms with Crippen LogP contribution in [0.2, 0.25) is 0 Å². The molecule has 0 bridgehead atoms. The topological polar surface area (TPSA) is 84.2 Å². The Morgan fingerprint density at radius 3 is 2.53 bits per heavy atom. The fourth-order valence-electron chi connectivity index (χ4n) is 2.01. The zero-order chi connectivity index (χ0) is 14.2. The van der Waals surface area contributed by atoms with E-state index < -0.39 is 12.0 Å². The summed E-state index contributed by atoms with van der Waals surface area (Å²) in [6, 6.07) is 0.927. The van der Waals surface area contributed by atoms with Crippen LogP contribution in [0.3, 0.4) is 0 Å². The van der Waals surface area contributed by atoms with Crippen LogP contribution in [0.15, 0.2) is 6.07 Å². The molecule has 1 heterocycles. The molecule has 0 aromatic carbocycles. The zero-order valence-electron chi connectivity index (χ0n) is 11.4. The maximum absolute atomic E-state index is 12.1. The van der Waals surface area contributed by atoms with Crippen molar-refractivity contribution < 1.29 is 14.7 Å². The number of carboxylic acid groups (broad SMARTS) is 1. The lowest BCUT2D eigenvalue weighted by atomic mass is 10.1. The Balaban J connectivity index is 2.12. The molecule has 1 aromatic heterocycles. The second kappa shape index (κ2) is 5.03. The van der Waals surface area contributed by atoms with Gasteiger partial charge in [-0.15, -0.1) is 0 Å². The van der Waals surface area contributed by atoms with Crippen LogP contribution in [0.4, 0.5) is 0 Å². The van der Waals surface area contributed by atoms with Crippen molar-refractivity contribution in [2.75, 3.05) is 0 Å². The monoisotopic (exact) mass is 265 g/mol. The Bertz CT molecular complexity index is 503. The van der Waals surface area contributed by atoms with Gasteiger partial charge in [-0.2, -0.15) is 5.10 Å². The van der Waals surface area contributed by atoms with Gasteiger partial charge in [-0.25, -0.2) is 4.79 Å². The third-order valence-electron chi connectivity index (χ3n) is 3.37. The van der Waals surface area contributed by atoms with Crippen molar-refractivity contribution >= 4 is 11.9 Å². The molecule has 0 radical (unpaired) electrons. The minimum Gasteiger partial charge on any atom is -0.480 e. The maximum atomic E-state index is 12.1. The molecule has 104 valence electrons. The minimum atomic E-state index is -0.970. The molecule has 0 spiro atoms. The largest absolute Gasteiger partial charge is 0.480 e. The maximum Gasteiger partial charge on any atom is 0.326 e.